The van der Waals surface area contributed by atoms with Gasteiger partial charge in [-0.2, -0.15) is 0 Å². The molecule has 0 aliphatic heterocycles. The van der Waals surface area contributed by atoms with Crippen LogP contribution in [0.25, 0.3) is 0 Å². The zero-order valence-electron chi connectivity index (χ0n) is 14.1. The monoisotopic (exact) mass is 291 g/mol. The van der Waals surface area contributed by atoms with Crippen LogP contribution < -0.4 is 5.32 Å². The van der Waals surface area contributed by atoms with E-state index in [-0.39, 0.29) is 5.60 Å². The van der Waals surface area contributed by atoms with E-state index < -0.39 is 0 Å². The van der Waals surface area contributed by atoms with E-state index in [1.54, 1.807) is 0 Å². The number of ether oxygens (including phenoxy) is 1. The highest BCUT2D eigenvalue weighted by atomic mass is 16.5. The highest BCUT2D eigenvalue weighted by molar-refractivity contribution is 5.37. The Morgan fingerprint density at radius 2 is 2.00 bits per heavy atom. The van der Waals surface area contributed by atoms with E-state index in [0.717, 1.165) is 36.1 Å². The maximum absolute atomic E-state index is 6.19. The zero-order chi connectivity index (χ0) is 15.5. The third-order valence-electron chi connectivity index (χ3n) is 4.50. The number of anilines is 1. The quantitative estimate of drug-likeness (QED) is 0.888. The van der Waals surface area contributed by atoms with Crippen LogP contribution in [-0.2, 0) is 10.3 Å². The van der Waals surface area contributed by atoms with E-state index in [2.05, 4.69) is 33.0 Å². The molecule has 1 heterocycles. The molecule has 1 saturated carbocycles. The minimum atomic E-state index is -0.294. The van der Waals surface area contributed by atoms with Crippen LogP contribution in [-0.4, -0.2) is 23.6 Å². The second kappa shape index (κ2) is 6.73. The van der Waals surface area contributed by atoms with Crippen molar-refractivity contribution in [1.82, 2.24) is 9.97 Å². The lowest BCUT2D eigenvalue weighted by Gasteiger charge is -2.38. The Hall–Kier alpha value is -1.16. The van der Waals surface area contributed by atoms with E-state index >= 15 is 0 Å². The van der Waals surface area contributed by atoms with Crippen molar-refractivity contribution < 1.29 is 4.74 Å². The largest absolute Gasteiger partial charge is 0.373 e. The first-order chi connectivity index (χ1) is 10.0. The van der Waals surface area contributed by atoms with Gasteiger partial charge in [0.1, 0.15) is 11.4 Å². The van der Waals surface area contributed by atoms with Crippen LogP contribution in [0.5, 0.6) is 0 Å². The van der Waals surface area contributed by atoms with Crippen molar-refractivity contribution in [2.24, 2.45) is 5.92 Å². The number of aromatic nitrogens is 2. The molecule has 1 fully saturated rings. The van der Waals surface area contributed by atoms with Crippen molar-refractivity contribution in [3.8, 4) is 0 Å². The molecule has 4 heteroatoms. The highest BCUT2D eigenvalue weighted by Gasteiger charge is 2.39. The molecule has 1 aromatic heterocycles. The van der Waals surface area contributed by atoms with E-state index in [9.17, 15) is 0 Å². The van der Waals surface area contributed by atoms with Crippen LogP contribution in [0.1, 0.15) is 70.8 Å². The topological polar surface area (TPSA) is 47.0 Å². The average Bonchev–Trinajstić information content (AvgIpc) is 2.49. The minimum Gasteiger partial charge on any atom is -0.373 e. The fourth-order valence-corrected chi connectivity index (χ4v) is 3.03. The Balaban J connectivity index is 2.42. The summed E-state index contributed by atoms with van der Waals surface area (Å²) in [4.78, 5) is 9.57. The Labute approximate surface area is 128 Å². The molecule has 21 heavy (non-hydrogen) atoms. The average molecular weight is 291 g/mol. The highest BCUT2D eigenvalue weighted by Crippen LogP contribution is 2.41. The molecule has 2 rings (SSSR count). The van der Waals surface area contributed by atoms with Gasteiger partial charge in [0.2, 0.25) is 0 Å². The summed E-state index contributed by atoms with van der Waals surface area (Å²) in [6, 6.07) is 2.04. The molecule has 1 aromatic rings. The molecule has 0 amide bonds. The van der Waals surface area contributed by atoms with Crippen molar-refractivity contribution in [3.05, 3.63) is 17.6 Å². The van der Waals surface area contributed by atoms with E-state index in [1.165, 1.54) is 12.8 Å². The summed E-state index contributed by atoms with van der Waals surface area (Å²) < 4.78 is 6.19. The molecule has 1 aliphatic rings. The lowest BCUT2D eigenvalue weighted by molar-refractivity contribution is -0.0837. The molecule has 0 atom stereocenters. The van der Waals surface area contributed by atoms with Crippen LogP contribution in [0.15, 0.2) is 6.07 Å². The van der Waals surface area contributed by atoms with Gasteiger partial charge in [-0.15, -0.1) is 0 Å². The third-order valence-corrected chi connectivity index (χ3v) is 4.50. The first kappa shape index (κ1) is 16.2. The molecule has 4 nitrogen and oxygen atoms in total. The van der Waals surface area contributed by atoms with Gasteiger partial charge in [0.15, 0.2) is 5.82 Å². The molecule has 0 unspecified atom stereocenters. The lowest BCUT2D eigenvalue weighted by Crippen LogP contribution is -2.36. The van der Waals surface area contributed by atoms with Crippen LogP contribution >= 0.6 is 0 Å². The van der Waals surface area contributed by atoms with Gasteiger partial charge in [0.05, 0.1) is 0 Å². The summed E-state index contributed by atoms with van der Waals surface area (Å²) in [6.07, 6.45) is 4.41. The Bertz CT molecular complexity index is 465. The van der Waals surface area contributed by atoms with E-state index in [1.807, 2.05) is 13.1 Å². The number of hydrogen-bond donors (Lipinski definition) is 1. The van der Waals surface area contributed by atoms with Crippen molar-refractivity contribution in [3.63, 3.8) is 0 Å². The smallest absolute Gasteiger partial charge is 0.162 e. The number of nitrogens with zero attached hydrogens (tertiary/aromatic N) is 2. The normalized spacial score (nSPS) is 26.1. The number of rotatable bonds is 5. The standard InChI is InChI=1S/C17H29N3O/c1-6-21-17(9-7-13(4)8-10-17)16-19-14(12(2)3)11-15(18-5)20-16/h11-13H,6-10H2,1-5H3,(H,18,19,20). The van der Waals surface area contributed by atoms with Crippen molar-refractivity contribution >= 4 is 5.82 Å². The van der Waals surface area contributed by atoms with Gasteiger partial charge in [-0.1, -0.05) is 20.8 Å². The summed E-state index contributed by atoms with van der Waals surface area (Å²) in [7, 11) is 1.91. The Morgan fingerprint density at radius 3 is 2.52 bits per heavy atom. The second-order valence-corrected chi connectivity index (χ2v) is 6.52. The predicted molar refractivity (Wildman–Crippen MR) is 86.6 cm³/mol. The Morgan fingerprint density at radius 1 is 1.33 bits per heavy atom. The predicted octanol–water partition coefficient (Wildman–Crippen LogP) is 4.08. The third kappa shape index (κ3) is 3.54. The molecule has 0 spiro atoms. The molecule has 0 bridgehead atoms. The minimum absolute atomic E-state index is 0.294. The summed E-state index contributed by atoms with van der Waals surface area (Å²) in [5.74, 6) is 2.92. The second-order valence-electron chi connectivity index (χ2n) is 6.52. The van der Waals surface area contributed by atoms with Gasteiger partial charge < -0.3 is 10.1 Å². The molecule has 0 radical (unpaired) electrons. The van der Waals surface area contributed by atoms with Crippen molar-refractivity contribution in [2.45, 2.75) is 64.9 Å². The molecular formula is C17H29N3O. The molecule has 0 saturated heterocycles. The Kier molecular flexibility index (Phi) is 5.20. The fourth-order valence-electron chi connectivity index (χ4n) is 3.03. The van der Waals surface area contributed by atoms with Gasteiger partial charge in [-0.25, -0.2) is 9.97 Å². The summed E-state index contributed by atoms with van der Waals surface area (Å²) in [5, 5.41) is 3.16. The lowest BCUT2D eigenvalue weighted by atomic mass is 9.78. The summed E-state index contributed by atoms with van der Waals surface area (Å²) >= 11 is 0. The molecule has 118 valence electrons. The van der Waals surface area contributed by atoms with Crippen LogP contribution in [0.2, 0.25) is 0 Å². The fraction of sp³-hybridized carbons (Fsp3) is 0.765. The van der Waals surface area contributed by atoms with Gasteiger partial charge >= 0.3 is 0 Å². The van der Waals surface area contributed by atoms with Crippen LogP contribution in [0.3, 0.4) is 0 Å². The van der Waals surface area contributed by atoms with Gasteiger partial charge in [-0.05, 0) is 44.4 Å². The van der Waals surface area contributed by atoms with Crippen molar-refractivity contribution in [1.29, 1.82) is 0 Å². The van der Waals surface area contributed by atoms with E-state index in [0.29, 0.717) is 12.5 Å². The van der Waals surface area contributed by atoms with Gasteiger partial charge in [-0.3, -0.25) is 0 Å². The molecule has 1 aliphatic carbocycles. The van der Waals surface area contributed by atoms with Crippen molar-refractivity contribution in [2.75, 3.05) is 19.0 Å². The molecular weight excluding hydrogens is 262 g/mol. The molecule has 0 aromatic carbocycles. The van der Waals surface area contributed by atoms with Gasteiger partial charge in [0, 0.05) is 25.4 Å². The van der Waals surface area contributed by atoms with E-state index in [4.69, 9.17) is 14.7 Å². The maximum atomic E-state index is 6.19. The zero-order valence-corrected chi connectivity index (χ0v) is 14.1. The van der Waals surface area contributed by atoms with Gasteiger partial charge in [0.25, 0.3) is 0 Å². The van der Waals surface area contributed by atoms with Crippen LogP contribution in [0, 0.1) is 5.92 Å². The number of hydrogen-bond acceptors (Lipinski definition) is 4. The molecule has 1 N–H and O–H groups in total. The first-order valence-electron chi connectivity index (χ1n) is 8.22. The van der Waals surface area contributed by atoms with Crippen LogP contribution in [0.4, 0.5) is 5.82 Å². The first-order valence-corrected chi connectivity index (χ1v) is 8.22. The SMILES string of the molecule is CCOC1(c2nc(NC)cc(C(C)C)n2)CCC(C)CC1. The summed E-state index contributed by atoms with van der Waals surface area (Å²) in [6.45, 7) is 9.42. The summed E-state index contributed by atoms with van der Waals surface area (Å²) in [5.41, 5.74) is 0.791. The maximum Gasteiger partial charge on any atom is 0.162 e. The number of nitrogens with one attached hydrogen (secondary N) is 1.